The van der Waals surface area contributed by atoms with Gasteiger partial charge in [0.15, 0.2) is 0 Å². The Morgan fingerprint density at radius 2 is 1.85 bits per heavy atom. The van der Waals surface area contributed by atoms with Gasteiger partial charge in [-0.1, -0.05) is 22.0 Å². The van der Waals surface area contributed by atoms with E-state index in [2.05, 4.69) is 15.9 Å². The van der Waals surface area contributed by atoms with Crippen LogP contribution in [-0.2, 0) is 6.18 Å². The molecule has 1 aromatic heterocycles. The lowest BCUT2D eigenvalue weighted by Gasteiger charge is -2.17. The van der Waals surface area contributed by atoms with E-state index in [1.807, 2.05) is 19.9 Å². The summed E-state index contributed by atoms with van der Waals surface area (Å²) >= 11 is 10.8. The first-order valence-electron chi connectivity index (χ1n) is 5.78. The van der Waals surface area contributed by atoms with Gasteiger partial charge < -0.3 is 0 Å². The highest BCUT2D eigenvalue weighted by Crippen LogP contribution is 2.43. The highest BCUT2D eigenvalue weighted by Gasteiger charge is 2.36. The number of hydrogen-bond donors (Lipinski definition) is 0. The Hall–Kier alpha value is -0.520. The molecule has 0 aliphatic rings. The van der Waals surface area contributed by atoms with Gasteiger partial charge in [0.2, 0.25) is 0 Å². The summed E-state index contributed by atoms with van der Waals surface area (Å²) in [6.45, 7) is 3.78. The highest BCUT2D eigenvalue weighted by molar-refractivity contribution is 9.10. The molecule has 6 heteroatoms. The van der Waals surface area contributed by atoms with Gasteiger partial charge in [0.25, 0.3) is 0 Å². The Balaban J connectivity index is 2.55. The predicted molar refractivity (Wildman–Crippen MR) is 80.6 cm³/mol. The number of rotatable bonds is 2. The summed E-state index contributed by atoms with van der Waals surface area (Å²) in [5, 5.41) is -0.793. The zero-order valence-corrected chi connectivity index (χ0v) is 13.8. The average Bonchev–Trinajstić information content (AvgIpc) is 2.66. The largest absolute Gasteiger partial charge is 0.416 e. The van der Waals surface area contributed by atoms with Crippen molar-refractivity contribution in [2.45, 2.75) is 25.4 Å². The molecule has 0 aliphatic heterocycles. The van der Waals surface area contributed by atoms with E-state index in [0.717, 1.165) is 21.4 Å². The molecule has 2 rings (SSSR count). The molecule has 0 amide bonds. The summed E-state index contributed by atoms with van der Waals surface area (Å²) in [6, 6.07) is 6.01. The van der Waals surface area contributed by atoms with Gasteiger partial charge in [-0.2, -0.15) is 13.2 Å². The van der Waals surface area contributed by atoms with Crippen molar-refractivity contribution in [2.75, 3.05) is 0 Å². The molecular weight excluding hydrogens is 373 g/mol. The molecule has 2 aromatic rings. The maximum Gasteiger partial charge on any atom is 0.416 e. The first-order chi connectivity index (χ1) is 9.20. The number of hydrogen-bond acceptors (Lipinski definition) is 1. The Morgan fingerprint density at radius 1 is 1.20 bits per heavy atom. The third kappa shape index (κ3) is 3.21. The lowest BCUT2D eigenvalue weighted by Crippen LogP contribution is -2.10. The Morgan fingerprint density at radius 3 is 2.35 bits per heavy atom. The van der Waals surface area contributed by atoms with E-state index in [9.17, 15) is 13.2 Å². The Labute approximate surface area is 132 Å². The van der Waals surface area contributed by atoms with Crippen LogP contribution in [0.2, 0.25) is 0 Å². The van der Waals surface area contributed by atoms with Crippen LogP contribution in [0.1, 0.15) is 31.8 Å². The lowest BCUT2D eigenvalue weighted by atomic mass is 10.0. The number of aryl methyl sites for hydroxylation is 2. The molecule has 108 valence electrons. The van der Waals surface area contributed by atoms with Gasteiger partial charge in [-0.3, -0.25) is 0 Å². The molecule has 1 unspecified atom stereocenters. The average molecular weight is 384 g/mol. The summed E-state index contributed by atoms with van der Waals surface area (Å²) < 4.78 is 39.8. The van der Waals surface area contributed by atoms with Gasteiger partial charge in [-0.05, 0) is 43.2 Å². The number of thiophene rings is 1. The SMILES string of the molecule is Cc1cc(C)c(C(Cl)c2ccc(Br)cc2C(F)(F)F)s1. The van der Waals surface area contributed by atoms with Gasteiger partial charge in [-0.15, -0.1) is 22.9 Å². The minimum Gasteiger partial charge on any atom is -0.166 e. The number of benzene rings is 1. The fraction of sp³-hybridized carbons (Fsp3) is 0.286. The Bertz CT molecular complexity index is 634. The fourth-order valence-corrected chi connectivity index (χ4v) is 3.94. The third-order valence-corrected chi connectivity index (χ3v) is 5.20. The van der Waals surface area contributed by atoms with E-state index >= 15 is 0 Å². The molecule has 1 aromatic carbocycles. The van der Waals surface area contributed by atoms with Crippen LogP contribution in [0.15, 0.2) is 28.7 Å². The van der Waals surface area contributed by atoms with Crippen molar-refractivity contribution < 1.29 is 13.2 Å². The van der Waals surface area contributed by atoms with Crippen molar-refractivity contribution in [1.29, 1.82) is 0 Å². The summed E-state index contributed by atoms with van der Waals surface area (Å²) in [4.78, 5) is 1.80. The van der Waals surface area contributed by atoms with Gasteiger partial charge in [0.05, 0.1) is 10.9 Å². The molecule has 0 fully saturated rings. The highest BCUT2D eigenvalue weighted by atomic mass is 79.9. The molecule has 0 saturated carbocycles. The molecule has 0 saturated heterocycles. The molecule has 0 aliphatic carbocycles. The van der Waals surface area contributed by atoms with Crippen LogP contribution in [0, 0.1) is 13.8 Å². The van der Waals surface area contributed by atoms with Crippen LogP contribution in [-0.4, -0.2) is 0 Å². The Kier molecular flexibility index (Phi) is 4.52. The summed E-state index contributed by atoms with van der Waals surface area (Å²) in [5.41, 5.74) is 0.313. The number of alkyl halides is 4. The van der Waals surface area contributed by atoms with Crippen molar-refractivity contribution in [3.8, 4) is 0 Å². The van der Waals surface area contributed by atoms with Crippen molar-refractivity contribution >= 4 is 38.9 Å². The summed E-state index contributed by atoms with van der Waals surface area (Å²) in [7, 11) is 0. The topological polar surface area (TPSA) is 0 Å². The third-order valence-electron chi connectivity index (χ3n) is 2.90. The standard InChI is InChI=1S/C14H11BrClF3S/c1-7-5-8(2)20-13(7)12(16)10-4-3-9(15)6-11(10)14(17,18)19/h3-6,12H,1-2H3. The smallest absolute Gasteiger partial charge is 0.166 e. The molecule has 1 atom stereocenters. The quantitative estimate of drug-likeness (QED) is 0.521. The number of halogens is 5. The van der Waals surface area contributed by atoms with Crippen LogP contribution in [0.4, 0.5) is 13.2 Å². The second-order valence-electron chi connectivity index (χ2n) is 4.50. The van der Waals surface area contributed by atoms with E-state index in [1.165, 1.54) is 17.4 Å². The first-order valence-corrected chi connectivity index (χ1v) is 7.82. The van der Waals surface area contributed by atoms with Gasteiger partial charge in [0, 0.05) is 14.2 Å². The van der Waals surface area contributed by atoms with E-state index in [0.29, 0.717) is 4.47 Å². The zero-order chi connectivity index (χ0) is 15.1. The molecule has 1 heterocycles. The van der Waals surface area contributed by atoms with E-state index in [4.69, 9.17) is 11.6 Å². The summed E-state index contributed by atoms with van der Waals surface area (Å²) in [6.07, 6.45) is -4.42. The van der Waals surface area contributed by atoms with Gasteiger partial charge >= 0.3 is 6.18 Å². The van der Waals surface area contributed by atoms with Gasteiger partial charge in [-0.25, -0.2) is 0 Å². The van der Waals surface area contributed by atoms with Crippen LogP contribution in [0.25, 0.3) is 0 Å². The van der Waals surface area contributed by atoms with Crippen LogP contribution in [0.5, 0.6) is 0 Å². The normalized spacial score (nSPS) is 13.6. The van der Waals surface area contributed by atoms with E-state index in [1.54, 1.807) is 6.07 Å². The van der Waals surface area contributed by atoms with Crippen molar-refractivity contribution in [1.82, 2.24) is 0 Å². The van der Waals surface area contributed by atoms with Gasteiger partial charge in [0.1, 0.15) is 0 Å². The monoisotopic (exact) mass is 382 g/mol. The zero-order valence-electron chi connectivity index (χ0n) is 10.7. The molecule has 0 nitrogen and oxygen atoms in total. The minimum absolute atomic E-state index is 0.0901. The van der Waals surface area contributed by atoms with E-state index < -0.39 is 17.1 Å². The summed E-state index contributed by atoms with van der Waals surface area (Å²) in [5.74, 6) is 0. The molecule has 0 radical (unpaired) electrons. The minimum atomic E-state index is -4.42. The predicted octanol–water partition coefficient (Wildman–Crippen LogP) is 6.47. The van der Waals surface area contributed by atoms with Crippen LogP contribution in [0.3, 0.4) is 0 Å². The first kappa shape index (κ1) is 15.9. The van der Waals surface area contributed by atoms with Crippen molar-refractivity contribution in [3.63, 3.8) is 0 Å². The lowest BCUT2D eigenvalue weighted by molar-refractivity contribution is -0.138. The van der Waals surface area contributed by atoms with Crippen LogP contribution >= 0.6 is 38.9 Å². The molecule has 0 spiro atoms. The fourth-order valence-electron chi connectivity index (χ4n) is 2.05. The second kappa shape index (κ2) is 5.70. The molecule has 0 bridgehead atoms. The molecule has 20 heavy (non-hydrogen) atoms. The molecule has 0 N–H and O–H groups in total. The molecular formula is C14H11BrClF3S. The van der Waals surface area contributed by atoms with Crippen molar-refractivity contribution in [3.05, 3.63) is 55.2 Å². The van der Waals surface area contributed by atoms with E-state index in [-0.39, 0.29) is 5.56 Å². The second-order valence-corrected chi connectivity index (χ2v) is 7.14. The van der Waals surface area contributed by atoms with Crippen molar-refractivity contribution in [2.24, 2.45) is 0 Å². The maximum absolute atomic E-state index is 13.1. The maximum atomic E-state index is 13.1. The van der Waals surface area contributed by atoms with Crippen LogP contribution < -0.4 is 0 Å².